The van der Waals surface area contributed by atoms with Crippen molar-refractivity contribution in [3.8, 4) is 11.5 Å². The summed E-state index contributed by atoms with van der Waals surface area (Å²) in [6, 6.07) is 3.61. The predicted molar refractivity (Wildman–Crippen MR) is 86.0 cm³/mol. The fraction of sp³-hybridized carbons (Fsp3) is 0.500. The van der Waals surface area contributed by atoms with E-state index in [1.54, 1.807) is 20.3 Å². The summed E-state index contributed by atoms with van der Waals surface area (Å²) in [6.45, 7) is 1.20. The van der Waals surface area contributed by atoms with Crippen LogP contribution in [0.25, 0.3) is 0 Å². The van der Waals surface area contributed by atoms with Crippen molar-refractivity contribution in [1.82, 2.24) is 15.0 Å². The van der Waals surface area contributed by atoms with Gasteiger partial charge in [-0.1, -0.05) is 16.8 Å². The Morgan fingerprint density at radius 3 is 2.70 bits per heavy atom. The van der Waals surface area contributed by atoms with E-state index in [0.717, 1.165) is 24.3 Å². The van der Waals surface area contributed by atoms with Gasteiger partial charge in [-0.3, -0.25) is 4.90 Å². The third-order valence-corrected chi connectivity index (χ3v) is 4.17. The number of ether oxygens (including phenoxy) is 2. The Balaban J connectivity index is 1.69. The maximum absolute atomic E-state index is 6.36. The lowest BCUT2D eigenvalue weighted by molar-refractivity contribution is 0.293. The van der Waals surface area contributed by atoms with E-state index < -0.39 is 0 Å². The summed E-state index contributed by atoms with van der Waals surface area (Å²) in [4.78, 5) is 6.51. The summed E-state index contributed by atoms with van der Waals surface area (Å²) in [5, 5.41) is 4.65. The van der Waals surface area contributed by atoms with Crippen molar-refractivity contribution in [3.63, 3.8) is 0 Å². The van der Waals surface area contributed by atoms with E-state index >= 15 is 0 Å². The molecule has 0 amide bonds. The Hall–Kier alpha value is -1.79. The highest BCUT2D eigenvalue weighted by atomic mass is 35.5. The number of hydrogen-bond acceptors (Lipinski definition) is 6. The molecule has 6 nitrogen and oxygen atoms in total. The molecule has 1 aliphatic carbocycles. The highest BCUT2D eigenvalue weighted by molar-refractivity contribution is 6.31. The zero-order chi connectivity index (χ0) is 16.4. The van der Waals surface area contributed by atoms with Crippen LogP contribution in [0.4, 0.5) is 0 Å². The van der Waals surface area contributed by atoms with Crippen LogP contribution in [-0.2, 0) is 13.1 Å². The topological polar surface area (TPSA) is 60.6 Å². The van der Waals surface area contributed by atoms with E-state index in [9.17, 15) is 0 Å². The van der Waals surface area contributed by atoms with Crippen LogP contribution in [0.15, 0.2) is 16.7 Å². The summed E-state index contributed by atoms with van der Waals surface area (Å²) in [5.74, 6) is 3.29. The number of methoxy groups -OCH3 is 2. The smallest absolute Gasteiger partial charge is 0.229 e. The van der Waals surface area contributed by atoms with Gasteiger partial charge in [0.05, 0.1) is 25.8 Å². The lowest BCUT2D eigenvalue weighted by atomic mass is 10.1. The second kappa shape index (κ2) is 6.76. The predicted octanol–water partition coefficient (Wildman–Crippen LogP) is 3.25. The first-order valence-electron chi connectivity index (χ1n) is 7.52. The van der Waals surface area contributed by atoms with Gasteiger partial charge < -0.3 is 14.0 Å². The third kappa shape index (κ3) is 3.76. The molecule has 0 saturated heterocycles. The van der Waals surface area contributed by atoms with Crippen LogP contribution in [0.1, 0.15) is 36.0 Å². The van der Waals surface area contributed by atoms with Gasteiger partial charge >= 0.3 is 0 Å². The Morgan fingerprint density at radius 2 is 2.04 bits per heavy atom. The molecule has 0 bridgehead atoms. The van der Waals surface area contributed by atoms with Gasteiger partial charge in [-0.05, 0) is 26.0 Å². The molecular formula is C16H20ClN3O3. The standard InChI is InChI=1S/C16H20ClN3O3/c1-20(9-15-18-16(23-19-15)10-4-5-10)8-12-13(17)6-11(21-2)7-14(12)22-3/h6-7,10H,4-5,8-9H2,1-3H3. The Bertz CT molecular complexity index is 685. The number of hydrogen-bond donors (Lipinski definition) is 0. The first kappa shape index (κ1) is 16.1. The second-order valence-corrected chi connectivity index (χ2v) is 6.19. The van der Waals surface area contributed by atoms with Gasteiger partial charge in [0.15, 0.2) is 5.82 Å². The summed E-state index contributed by atoms with van der Waals surface area (Å²) in [6.07, 6.45) is 2.30. The number of rotatable bonds is 7. The Morgan fingerprint density at radius 1 is 1.26 bits per heavy atom. The molecule has 2 aromatic rings. The lowest BCUT2D eigenvalue weighted by Crippen LogP contribution is -2.19. The van der Waals surface area contributed by atoms with Crippen molar-refractivity contribution in [3.05, 3.63) is 34.4 Å². The third-order valence-electron chi connectivity index (χ3n) is 3.83. The first-order valence-corrected chi connectivity index (χ1v) is 7.90. The van der Waals surface area contributed by atoms with Crippen LogP contribution in [0, 0.1) is 0 Å². The average Bonchev–Trinajstić information content (AvgIpc) is 3.29. The molecule has 0 radical (unpaired) electrons. The van der Waals surface area contributed by atoms with Crippen LogP contribution in [0.5, 0.6) is 11.5 Å². The van der Waals surface area contributed by atoms with Gasteiger partial charge in [0.25, 0.3) is 0 Å². The van der Waals surface area contributed by atoms with Gasteiger partial charge in [-0.25, -0.2) is 0 Å². The highest BCUT2D eigenvalue weighted by Crippen LogP contribution is 2.39. The van der Waals surface area contributed by atoms with Crippen molar-refractivity contribution < 1.29 is 14.0 Å². The molecule has 1 saturated carbocycles. The number of halogens is 1. The van der Waals surface area contributed by atoms with Crippen LogP contribution < -0.4 is 9.47 Å². The molecule has 0 unspecified atom stereocenters. The molecule has 124 valence electrons. The lowest BCUT2D eigenvalue weighted by Gasteiger charge is -2.18. The van der Waals surface area contributed by atoms with Crippen molar-refractivity contribution in [2.45, 2.75) is 31.8 Å². The summed E-state index contributed by atoms with van der Waals surface area (Å²) >= 11 is 6.36. The quantitative estimate of drug-likeness (QED) is 0.773. The fourth-order valence-corrected chi connectivity index (χ4v) is 2.70. The van der Waals surface area contributed by atoms with E-state index in [4.69, 9.17) is 25.6 Å². The molecule has 3 rings (SSSR count). The maximum Gasteiger partial charge on any atom is 0.229 e. The molecule has 1 aromatic carbocycles. The molecule has 1 fully saturated rings. The number of aromatic nitrogens is 2. The molecule has 0 aliphatic heterocycles. The van der Waals surface area contributed by atoms with Crippen LogP contribution in [0.3, 0.4) is 0 Å². The molecule has 23 heavy (non-hydrogen) atoms. The van der Waals surface area contributed by atoms with E-state index in [2.05, 4.69) is 15.0 Å². The fourth-order valence-electron chi connectivity index (χ4n) is 2.44. The molecule has 0 N–H and O–H groups in total. The molecule has 7 heteroatoms. The molecular weight excluding hydrogens is 318 g/mol. The van der Waals surface area contributed by atoms with Gasteiger partial charge in [-0.15, -0.1) is 0 Å². The van der Waals surface area contributed by atoms with Crippen LogP contribution in [0.2, 0.25) is 5.02 Å². The van der Waals surface area contributed by atoms with Gasteiger partial charge in [-0.2, -0.15) is 4.98 Å². The molecule has 1 aromatic heterocycles. The van der Waals surface area contributed by atoms with E-state index in [1.165, 1.54) is 0 Å². The highest BCUT2D eigenvalue weighted by Gasteiger charge is 2.29. The zero-order valence-electron chi connectivity index (χ0n) is 13.5. The first-order chi connectivity index (χ1) is 11.1. The average molecular weight is 338 g/mol. The minimum absolute atomic E-state index is 0.470. The number of benzene rings is 1. The minimum Gasteiger partial charge on any atom is -0.497 e. The van der Waals surface area contributed by atoms with E-state index in [0.29, 0.717) is 41.4 Å². The van der Waals surface area contributed by atoms with Crippen molar-refractivity contribution in [2.75, 3.05) is 21.3 Å². The SMILES string of the molecule is COc1cc(Cl)c(CN(C)Cc2noc(C3CC3)n2)c(OC)c1. The molecule has 1 heterocycles. The second-order valence-electron chi connectivity index (χ2n) is 5.79. The van der Waals surface area contributed by atoms with Crippen molar-refractivity contribution in [2.24, 2.45) is 0 Å². The minimum atomic E-state index is 0.470. The zero-order valence-corrected chi connectivity index (χ0v) is 14.3. The Labute approximate surface area is 140 Å². The van der Waals surface area contributed by atoms with Crippen molar-refractivity contribution in [1.29, 1.82) is 0 Å². The molecule has 0 spiro atoms. The number of nitrogens with zero attached hydrogens (tertiary/aromatic N) is 3. The van der Waals surface area contributed by atoms with Crippen molar-refractivity contribution >= 4 is 11.6 Å². The van der Waals surface area contributed by atoms with Gasteiger partial charge in [0.2, 0.25) is 5.89 Å². The summed E-state index contributed by atoms with van der Waals surface area (Å²) < 4.78 is 15.9. The largest absolute Gasteiger partial charge is 0.497 e. The van der Waals surface area contributed by atoms with Crippen LogP contribution >= 0.6 is 11.6 Å². The summed E-state index contributed by atoms with van der Waals surface area (Å²) in [7, 11) is 5.20. The molecule has 1 aliphatic rings. The van der Waals surface area contributed by atoms with Crippen LogP contribution in [-0.4, -0.2) is 36.3 Å². The molecule has 0 atom stereocenters. The maximum atomic E-state index is 6.36. The van der Waals surface area contributed by atoms with E-state index in [-0.39, 0.29) is 0 Å². The van der Waals surface area contributed by atoms with E-state index in [1.807, 2.05) is 13.1 Å². The monoisotopic (exact) mass is 337 g/mol. The summed E-state index contributed by atoms with van der Waals surface area (Å²) in [5.41, 5.74) is 0.906. The Kier molecular flexibility index (Phi) is 4.73. The van der Waals surface area contributed by atoms with Gasteiger partial charge in [0.1, 0.15) is 11.5 Å². The normalized spacial score (nSPS) is 14.3. The van der Waals surface area contributed by atoms with Gasteiger partial charge in [0, 0.05) is 24.1 Å².